The first-order valence-electron chi connectivity index (χ1n) is 11.8. The van der Waals surface area contributed by atoms with Gasteiger partial charge in [-0.15, -0.1) is 0 Å². The lowest BCUT2D eigenvalue weighted by molar-refractivity contribution is 0.505. The summed E-state index contributed by atoms with van der Waals surface area (Å²) < 4.78 is 0. The Labute approximate surface area is 188 Å². The van der Waals surface area contributed by atoms with E-state index in [1.165, 1.54) is 46.2 Å². The van der Waals surface area contributed by atoms with Crippen LogP contribution in [0.5, 0.6) is 0 Å². The highest BCUT2D eigenvalue weighted by atomic mass is 14.3. The lowest BCUT2D eigenvalue weighted by Crippen LogP contribution is -2.17. The molecule has 0 saturated carbocycles. The van der Waals surface area contributed by atoms with E-state index in [0.29, 0.717) is 0 Å². The monoisotopic (exact) mass is 406 g/mol. The minimum Gasteiger partial charge on any atom is -0.0801 e. The summed E-state index contributed by atoms with van der Waals surface area (Å²) >= 11 is 0. The Kier molecular flexibility index (Phi) is 13.8. The van der Waals surface area contributed by atoms with Crippen LogP contribution in [0.15, 0.2) is 60.7 Å². The largest absolute Gasteiger partial charge is 0.0801 e. The van der Waals surface area contributed by atoms with Crippen molar-refractivity contribution in [2.75, 3.05) is 0 Å². The minimum absolute atomic E-state index is 0.264. The molecule has 0 nitrogen and oxygen atoms in total. The maximum Gasteiger partial charge on any atom is -0.00883 e. The smallest absolute Gasteiger partial charge is 0.00883 e. The molecule has 0 unspecified atom stereocenters. The molecule has 0 amide bonds. The predicted octanol–water partition coefficient (Wildman–Crippen LogP) is 9.77. The van der Waals surface area contributed by atoms with Crippen molar-refractivity contribution in [2.45, 2.75) is 93.9 Å². The standard InChI is InChI=1S/C16H20.C9H12.C3H8.C2H6/c1-4-16(2,3)15-12-8-7-11-14(15)13-9-5-6-10-13;1-7-5-4-6-8(2)9(7)3;1-3-2;1-2/h5-9,11-12H,4,10H2,1-3H3;4-6H,1-3H3;3H2,1-2H3;1-2H3. The van der Waals surface area contributed by atoms with Gasteiger partial charge < -0.3 is 0 Å². The Balaban J connectivity index is 0.000000508. The molecule has 166 valence electrons. The first-order valence-corrected chi connectivity index (χ1v) is 11.8. The van der Waals surface area contributed by atoms with Gasteiger partial charge in [0.05, 0.1) is 0 Å². The zero-order valence-electron chi connectivity index (χ0n) is 21.4. The van der Waals surface area contributed by atoms with E-state index in [4.69, 9.17) is 0 Å². The summed E-state index contributed by atoms with van der Waals surface area (Å²) in [5.41, 5.74) is 8.81. The highest BCUT2D eigenvalue weighted by molar-refractivity contribution is 5.73. The highest BCUT2D eigenvalue weighted by Gasteiger charge is 2.22. The molecule has 1 aliphatic rings. The molecule has 0 heterocycles. The average Bonchev–Trinajstić information content (AvgIpc) is 3.29. The Hall–Kier alpha value is -2.08. The van der Waals surface area contributed by atoms with Gasteiger partial charge in [-0.3, -0.25) is 0 Å². The van der Waals surface area contributed by atoms with Gasteiger partial charge >= 0.3 is 0 Å². The number of hydrogen-bond donors (Lipinski definition) is 0. The summed E-state index contributed by atoms with van der Waals surface area (Å²) in [4.78, 5) is 0. The first kappa shape index (κ1) is 27.9. The summed E-state index contributed by atoms with van der Waals surface area (Å²) in [5, 5.41) is 0. The fourth-order valence-electron chi connectivity index (χ4n) is 3.09. The maximum atomic E-state index is 2.33. The SMILES string of the molecule is CC.CCC.CCC(C)(C)c1ccccc1C1=CC=CC1.Cc1cccc(C)c1C. The lowest BCUT2D eigenvalue weighted by Gasteiger charge is -2.26. The molecule has 0 atom stereocenters. The normalized spacial score (nSPS) is 11.9. The van der Waals surface area contributed by atoms with Gasteiger partial charge in [0.25, 0.3) is 0 Å². The lowest BCUT2D eigenvalue weighted by atomic mass is 9.78. The van der Waals surface area contributed by atoms with Crippen molar-refractivity contribution >= 4 is 5.57 Å². The van der Waals surface area contributed by atoms with Crippen molar-refractivity contribution in [3.8, 4) is 0 Å². The number of aryl methyl sites for hydroxylation is 2. The Morgan fingerprint density at radius 3 is 1.77 bits per heavy atom. The molecule has 2 aromatic rings. The molecule has 30 heavy (non-hydrogen) atoms. The molecule has 0 saturated heterocycles. The fraction of sp³-hybridized carbons (Fsp3) is 0.467. The molecule has 0 bridgehead atoms. The topological polar surface area (TPSA) is 0 Å². The van der Waals surface area contributed by atoms with E-state index in [9.17, 15) is 0 Å². The van der Waals surface area contributed by atoms with Gasteiger partial charge in [-0.1, -0.05) is 116 Å². The van der Waals surface area contributed by atoms with Gasteiger partial charge in [-0.25, -0.2) is 0 Å². The maximum absolute atomic E-state index is 2.33. The first-order chi connectivity index (χ1) is 14.3. The summed E-state index contributed by atoms with van der Waals surface area (Å²) in [6.45, 7) is 21.6. The van der Waals surface area contributed by atoms with Gasteiger partial charge in [0, 0.05) is 0 Å². The fourth-order valence-corrected chi connectivity index (χ4v) is 3.09. The second-order valence-electron chi connectivity index (χ2n) is 8.33. The molecule has 2 aromatic carbocycles. The Morgan fingerprint density at radius 2 is 1.33 bits per heavy atom. The summed E-state index contributed by atoms with van der Waals surface area (Å²) in [6, 6.07) is 15.2. The van der Waals surface area contributed by atoms with Crippen LogP contribution in [0.4, 0.5) is 0 Å². The third kappa shape index (κ3) is 8.74. The van der Waals surface area contributed by atoms with Crippen LogP contribution < -0.4 is 0 Å². The molecule has 0 N–H and O–H groups in total. The van der Waals surface area contributed by atoms with Gasteiger partial charge in [0.2, 0.25) is 0 Å². The molecule has 0 aromatic heterocycles. The van der Waals surface area contributed by atoms with Crippen molar-refractivity contribution in [1.82, 2.24) is 0 Å². The van der Waals surface area contributed by atoms with E-state index in [2.05, 4.69) is 116 Å². The number of rotatable bonds is 3. The third-order valence-corrected chi connectivity index (χ3v) is 5.53. The molecular formula is C30H46. The van der Waals surface area contributed by atoms with E-state index in [-0.39, 0.29) is 5.41 Å². The number of allylic oxidation sites excluding steroid dienone is 4. The highest BCUT2D eigenvalue weighted by Crippen LogP contribution is 2.35. The molecule has 1 aliphatic carbocycles. The van der Waals surface area contributed by atoms with Crippen LogP contribution in [0.1, 0.15) is 95.5 Å². The van der Waals surface area contributed by atoms with Crippen LogP contribution in [0.25, 0.3) is 5.57 Å². The molecule has 3 rings (SSSR count). The quantitative estimate of drug-likeness (QED) is 0.475. The second-order valence-corrected chi connectivity index (χ2v) is 8.33. The zero-order valence-corrected chi connectivity index (χ0v) is 21.4. The van der Waals surface area contributed by atoms with E-state index >= 15 is 0 Å². The molecule has 0 aliphatic heterocycles. The Morgan fingerprint density at radius 1 is 0.800 bits per heavy atom. The molecule has 0 spiro atoms. The summed E-state index contributed by atoms with van der Waals surface area (Å²) in [6.07, 6.45) is 10.1. The summed E-state index contributed by atoms with van der Waals surface area (Å²) in [5.74, 6) is 0. The average molecular weight is 407 g/mol. The van der Waals surface area contributed by atoms with Crippen LogP contribution in [-0.2, 0) is 5.41 Å². The number of benzene rings is 2. The van der Waals surface area contributed by atoms with Gasteiger partial charge in [-0.05, 0) is 72.4 Å². The molecule has 0 heteroatoms. The third-order valence-electron chi connectivity index (χ3n) is 5.53. The zero-order chi connectivity index (χ0) is 23.2. The van der Waals surface area contributed by atoms with Gasteiger partial charge in [-0.2, -0.15) is 0 Å². The van der Waals surface area contributed by atoms with Gasteiger partial charge in [0.15, 0.2) is 0 Å². The number of hydrogen-bond acceptors (Lipinski definition) is 0. The van der Waals surface area contributed by atoms with Crippen molar-refractivity contribution in [2.24, 2.45) is 0 Å². The molecule has 0 radical (unpaired) electrons. The van der Waals surface area contributed by atoms with Crippen LogP contribution in [0.2, 0.25) is 0 Å². The van der Waals surface area contributed by atoms with Crippen molar-refractivity contribution < 1.29 is 0 Å². The molecular weight excluding hydrogens is 360 g/mol. The van der Waals surface area contributed by atoms with E-state index in [1.54, 1.807) is 0 Å². The van der Waals surface area contributed by atoms with Crippen molar-refractivity contribution in [3.05, 3.63) is 88.5 Å². The predicted molar refractivity (Wildman–Crippen MR) is 139 cm³/mol. The van der Waals surface area contributed by atoms with Gasteiger partial charge in [0.1, 0.15) is 0 Å². The minimum atomic E-state index is 0.264. The summed E-state index contributed by atoms with van der Waals surface area (Å²) in [7, 11) is 0. The second kappa shape index (κ2) is 14.8. The molecule has 0 fully saturated rings. The van der Waals surface area contributed by atoms with Crippen LogP contribution in [0, 0.1) is 20.8 Å². The van der Waals surface area contributed by atoms with Crippen LogP contribution >= 0.6 is 0 Å². The van der Waals surface area contributed by atoms with Crippen LogP contribution in [0.3, 0.4) is 0 Å². The van der Waals surface area contributed by atoms with E-state index < -0.39 is 0 Å². The Bertz CT molecular complexity index is 767. The van der Waals surface area contributed by atoms with E-state index in [1.807, 2.05) is 13.8 Å². The van der Waals surface area contributed by atoms with Crippen molar-refractivity contribution in [1.29, 1.82) is 0 Å². The van der Waals surface area contributed by atoms with Crippen LogP contribution in [-0.4, -0.2) is 0 Å². The van der Waals surface area contributed by atoms with E-state index in [0.717, 1.165) is 6.42 Å². The van der Waals surface area contributed by atoms with Crippen molar-refractivity contribution in [3.63, 3.8) is 0 Å².